The summed E-state index contributed by atoms with van der Waals surface area (Å²) in [6.07, 6.45) is 1.15. The van der Waals surface area contributed by atoms with Crippen molar-refractivity contribution in [1.29, 1.82) is 5.26 Å². The Labute approximate surface area is 126 Å². The third-order valence-electron chi connectivity index (χ3n) is 3.41. The summed E-state index contributed by atoms with van der Waals surface area (Å²) < 4.78 is 5.82. The Morgan fingerprint density at radius 3 is 2.71 bits per heavy atom. The second-order valence-corrected chi connectivity index (χ2v) is 5.10. The van der Waals surface area contributed by atoms with E-state index in [2.05, 4.69) is 25.2 Å². The first kappa shape index (κ1) is 14.9. The number of benzene rings is 2. The van der Waals surface area contributed by atoms with Crippen LogP contribution in [0.2, 0.25) is 0 Å². The first-order valence-electron chi connectivity index (χ1n) is 7.17. The van der Waals surface area contributed by atoms with Crippen molar-refractivity contribution >= 4 is 11.4 Å². The zero-order chi connectivity index (χ0) is 15.2. The van der Waals surface area contributed by atoms with Gasteiger partial charge in [0.2, 0.25) is 0 Å². The Bertz CT molecular complexity index is 659. The van der Waals surface area contributed by atoms with E-state index in [1.165, 1.54) is 0 Å². The minimum atomic E-state index is 0.188. The summed E-state index contributed by atoms with van der Waals surface area (Å²) in [5.41, 5.74) is 3.45. The Morgan fingerprint density at radius 2 is 2.00 bits per heavy atom. The highest BCUT2D eigenvalue weighted by atomic mass is 16.5. The van der Waals surface area contributed by atoms with Crippen molar-refractivity contribution in [2.24, 2.45) is 0 Å². The third-order valence-corrected chi connectivity index (χ3v) is 3.41. The third kappa shape index (κ3) is 3.76. The van der Waals surface area contributed by atoms with Crippen LogP contribution in [0.3, 0.4) is 0 Å². The molecule has 3 nitrogen and oxygen atoms in total. The summed E-state index contributed by atoms with van der Waals surface area (Å²) in [7, 11) is 0. The standard InChI is InChI=1S/C18H20N2O/c1-4-14(3)21-17-10-6-9-16(11-17)20-18-13(2)7-5-8-15(18)12-19/h5-11,14,20H,4H2,1-3H3. The molecule has 0 bridgehead atoms. The molecule has 0 aliphatic heterocycles. The molecule has 0 aliphatic carbocycles. The number of hydrogen-bond donors (Lipinski definition) is 1. The van der Waals surface area contributed by atoms with Crippen LogP contribution >= 0.6 is 0 Å². The molecule has 2 rings (SSSR count). The molecule has 0 radical (unpaired) electrons. The molecule has 0 spiro atoms. The van der Waals surface area contributed by atoms with E-state index >= 15 is 0 Å². The Hall–Kier alpha value is -2.47. The highest BCUT2D eigenvalue weighted by Gasteiger charge is 2.07. The second-order valence-electron chi connectivity index (χ2n) is 5.10. The van der Waals surface area contributed by atoms with Crippen LogP contribution in [0.1, 0.15) is 31.4 Å². The molecule has 1 N–H and O–H groups in total. The maximum atomic E-state index is 9.21. The van der Waals surface area contributed by atoms with Crippen LogP contribution in [-0.4, -0.2) is 6.10 Å². The number of para-hydroxylation sites is 1. The minimum Gasteiger partial charge on any atom is -0.491 e. The molecule has 0 amide bonds. The van der Waals surface area contributed by atoms with Gasteiger partial charge in [-0.05, 0) is 44.0 Å². The van der Waals surface area contributed by atoms with E-state index < -0.39 is 0 Å². The zero-order valence-electron chi connectivity index (χ0n) is 12.7. The number of nitrogens with one attached hydrogen (secondary N) is 1. The molecule has 0 fully saturated rings. The average molecular weight is 280 g/mol. The molecule has 2 aromatic rings. The number of aryl methyl sites for hydroxylation is 1. The van der Waals surface area contributed by atoms with Crippen molar-refractivity contribution in [1.82, 2.24) is 0 Å². The van der Waals surface area contributed by atoms with E-state index in [-0.39, 0.29) is 6.10 Å². The predicted molar refractivity (Wildman–Crippen MR) is 86.0 cm³/mol. The van der Waals surface area contributed by atoms with Gasteiger partial charge in [0.15, 0.2) is 0 Å². The van der Waals surface area contributed by atoms with Crippen molar-refractivity contribution in [3.05, 3.63) is 53.6 Å². The molecular formula is C18H20N2O. The van der Waals surface area contributed by atoms with E-state index in [9.17, 15) is 5.26 Å². The molecule has 3 heteroatoms. The lowest BCUT2D eigenvalue weighted by Gasteiger charge is -2.15. The van der Waals surface area contributed by atoms with Crippen molar-refractivity contribution < 1.29 is 4.74 Å². The monoisotopic (exact) mass is 280 g/mol. The van der Waals surface area contributed by atoms with E-state index in [0.29, 0.717) is 5.56 Å². The summed E-state index contributed by atoms with van der Waals surface area (Å²) in [5.74, 6) is 0.835. The van der Waals surface area contributed by atoms with Crippen LogP contribution in [0, 0.1) is 18.3 Å². The molecule has 0 aromatic heterocycles. The zero-order valence-corrected chi connectivity index (χ0v) is 12.7. The summed E-state index contributed by atoms with van der Waals surface area (Å²) in [6.45, 7) is 6.14. The van der Waals surface area contributed by atoms with Gasteiger partial charge in [0.05, 0.1) is 17.4 Å². The number of nitrogens with zero attached hydrogens (tertiary/aromatic N) is 1. The molecule has 108 valence electrons. The van der Waals surface area contributed by atoms with Gasteiger partial charge in [0.1, 0.15) is 11.8 Å². The number of anilines is 2. The Kier molecular flexibility index (Phi) is 4.84. The second kappa shape index (κ2) is 6.81. The van der Waals surface area contributed by atoms with Crippen molar-refractivity contribution in [3.63, 3.8) is 0 Å². The molecule has 1 atom stereocenters. The molecule has 1 unspecified atom stereocenters. The van der Waals surface area contributed by atoms with E-state index in [4.69, 9.17) is 4.74 Å². The van der Waals surface area contributed by atoms with Gasteiger partial charge in [-0.3, -0.25) is 0 Å². The van der Waals surface area contributed by atoms with Gasteiger partial charge in [-0.2, -0.15) is 5.26 Å². The van der Waals surface area contributed by atoms with Gasteiger partial charge in [0.25, 0.3) is 0 Å². The number of ether oxygens (including phenoxy) is 1. The lowest BCUT2D eigenvalue weighted by Crippen LogP contribution is -2.09. The lowest BCUT2D eigenvalue weighted by atomic mass is 10.1. The Balaban J connectivity index is 2.25. The Morgan fingerprint density at radius 1 is 1.24 bits per heavy atom. The van der Waals surface area contributed by atoms with Crippen molar-refractivity contribution in [2.75, 3.05) is 5.32 Å². The van der Waals surface area contributed by atoms with Crippen LogP contribution < -0.4 is 10.1 Å². The smallest absolute Gasteiger partial charge is 0.121 e. The van der Waals surface area contributed by atoms with Gasteiger partial charge in [-0.15, -0.1) is 0 Å². The van der Waals surface area contributed by atoms with E-state index in [1.807, 2.05) is 49.4 Å². The number of rotatable bonds is 5. The first-order chi connectivity index (χ1) is 10.1. The fourth-order valence-electron chi connectivity index (χ4n) is 2.03. The van der Waals surface area contributed by atoms with E-state index in [1.54, 1.807) is 0 Å². The fraction of sp³-hybridized carbons (Fsp3) is 0.278. The predicted octanol–water partition coefficient (Wildman–Crippen LogP) is 4.79. The summed E-state index contributed by atoms with van der Waals surface area (Å²) in [5, 5.41) is 12.5. The largest absolute Gasteiger partial charge is 0.491 e. The van der Waals surface area contributed by atoms with Gasteiger partial charge in [0, 0.05) is 11.8 Å². The molecule has 0 aliphatic rings. The summed E-state index contributed by atoms with van der Waals surface area (Å²) in [6, 6.07) is 15.7. The average Bonchev–Trinajstić information content (AvgIpc) is 2.49. The highest BCUT2D eigenvalue weighted by Crippen LogP contribution is 2.27. The molecule has 2 aromatic carbocycles. The summed E-state index contributed by atoms with van der Waals surface area (Å²) in [4.78, 5) is 0. The normalized spacial score (nSPS) is 11.5. The lowest BCUT2D eigenvalue weighted by molar-refractivity contribution is 0.217. The van der Waals surface area contributed by atoms with Crippen LogP contribution in [0.5, 0.6) is 5.75 Å². The highest BCUT2D eigenvalue weighted by molar-refractivity contribution is 5.70. The number of hydrogen-bond acceptors (Lipinski definition) is 3. The van der Waals surface area contributed by atoms with Crippen molar-refractivity contribution in [2.45, 2.75) is 33.3 Å². The van der Waals surface area contributed by atoms with Crippen LogP contribution in [0.25, 0.3) is 0 Å². The van der Waals surface area contributed by atoms with Crippen LogP contribution in [-0.2, 0) is 0 Å². The first-order valence-corrected chi connectivity index (χ1v) is 7.17. The van der Waals surface area contributed by atoms with Crippen molar-refractivity contribution in [3.8, 4) is 11.8 Å². The molecule has 21 heavy (non-hydrogen) atoms. The fourth-order valence-corrected chi connectivity index (χ4v) is 2.03. The maximum Gasteiger partial charge on any atom is 0.121 e. The number of nitriles is 1. The van der Waals surface area contributed by atoms with Crippen LogP contribution in [0.4, 0.5) is 11.4 Å². The van der Waals surface area contributed by atoms with E-state index in [0.717, 1.165) is 29.1 Å². The molecule has 0 heterocycles. The van der Waals surface area contributed by atoms with Gasteiger partial charge < -0.3 is 10.1 Å². The summed E-state index contributed by atoms with van der Waals surface area (Å²) >= 11 is 0. The maximum absolute atomic E-state index is 9.21. The van der Waals surface area contributed by atoms with Crippen LogP contribution in [0.15, 0.2) is 42.5 Å². The van der Waals surface area contributed by atoms with Gasteiger partial charge in [-0.1, -0.05) is 25.1 Å². The topological polar surface area (TPSA) is 45.0 Å². The minimum absolute atomic E-state index is 0.188. The van der Waals surface area contributed by atoms with Gasteiger partial charge >= 0.3 is 0 Å². The quantitative estimate of drug-likeness (QED) is 0.856. The SMILES string of the molecule is CCC(C)Oc1cccc(Nc2c(C)cccc2C#N)c1. The van der Waals surface area contributed by atoms with Gasteiger partial charge in [-0.25, -0.2) is 0 Å². The molecule has 0 saturated heterocycles. The molecular weight excluding hydrogens is 260 g/mol. The molecule has 0 saturated carbocycles.